The van der Waals surface area contributed by atoms with Crippen LogP contribution in [0.5, 0.6) is 0 Å². The Balaban J connectivity index is 1.42. The van der Waals surface area contributed by atoms with Gasteiger partial charge in [-0.3, -0.25) is 9.58 Å². The molecule has 29 heavy (non-hydrogen) atoms. The molecule has 2 unspecified atom stereocenters. The molecule has 2 heterocycles. The largest absolute Gasteiger partial charge is 0.374 e. The summed E-state index contributed by atoms with van der Waals surface area (Å²) in [6.45, 7) is 4.41. The van der Waals surface area contributed by atoms with E-state index in [4.69, 9.17) is 27.2 Å². The molecule has 0 radical (unpaired) electrons. The summed E-state index contributed by atoms with van der Waals surface area (Å²) in [7, 11) is 2.03. The number of aromatic nitrogens is 2. The lowest BCUT2D eigenvalue weighted by molar-refractivity contribution is -0.0803. The molecule has 2 N–H and O–H groups in total. The summed E-state index contributed by atoms with van der Waals surface area (Å²) in [6, 6.07) is 11.5. The Bertz CT molecular complexity index is 778. The smallest absolute Gasteiger partial charge is 0.0824 e. The summed E-state index contributed by atoms with van der Waals surface area (Å²) >= 11 is 6.06. The zero-order chi connectivity index (χ0) is 20.4. The first-order valence-electron chi connectivity index (χ1n) is 10.9. The van der Waals surface area contributed by atoms with Crippen molar-refractivity contribution < 1.29 is 4.74 Å². The van der Waals surface area contributed by atoms with Crippen molar-refractivity contribution in [3.05, 3.63) is 52.3 Å². The maximum atomic E-state index is 6.06. The molecule has 1 saturated heterocycles. The molecule has 1 aromatic heterocycles. The van der Waals surface area contributed by atoms with Crippen molar-refractivity contribution in [2.24, 2.45) is 12.8 Å². The molecule has 0 bridgehead atoms. The van der Waals surface area contributed by atoms with Gasteiger partial charge in [0.25, 0.3) is 0 Å². The molecule has 2 aliphatic rings. The Morgan fingerprint density at radius 1 is 1.17 bits per heavy atom. The number of ether oxygens (including phenoxy) is 1. The molecule has 2 aromatic rings. The zero-order valence-electron chi connectivity index (χ0n) is 17.6. The first kappa shape index (κ1) is 20.9. The van der Waals surface area contributed by atoms with E-state index in [1.165, 1.54) is 42.6 Å². The van der Waals surface area contributed by atoms with E-state index in [2.05, 4.69) is 30.0 Å². The van der Waals surface area contributed by atoms with Crippen molar-refractivity contribution in [1.29, 1.82) is 0 Å². The second-order valence-electron chi connectivity index (χ2n) is 8.71. The van der Waals surface area contributed by atoms with Crippen molar-refractivity contribution in [3.8, 4) is 0 Å². The van der Waals surface area contributed by atoms with Gasteiger partial charge in [0.05, 0.1) is 18.4 Å². The van der Waals surface area contributed by atoms with Gasteiger partial charge in [-0.15, -0.1) is 0 Å². The number of aryl methyl sites for hydroxylation is 2. The van der Waals surface area contributed by atoms with Crippen LogP contribution in [-0.2, 0) is 18.2 Å². The van der Waals surface area contributed by atoms with Gasteiger partial charge in [-0.05, 0) is 62.8 Å². The van der Waals surface area contributed by atoms with E-state index in [0.29, 0.717) is 24.5 Å². The number of nitrogens with zero attached hydrogens (tertiary/aromatic N) is 3. The van der Waals surface area contributed by atoms with Crippen LogP contribution < -0.4 is 5.73 Å². The maximum absolute atomic E-state index is 6.06. The molecule has 1 saturated carbocycles. The molecule has 4 rings (SSSR count). The maximum Gasteiger partial charge on any atom is 0.0824 e. The number of nitrogens with two attached hydrogens (primary N) is 1. The van der Waals surface area contributed by atoms with E-state index in [9.17, 15) is 0 Å². The lowest BCUT2D eigenvalue weighted by Gasteiger charge is -2.46. The van der Waals surface area contributed by atoms with Crippen molar-refractivity contribution in [3.63, 3.8) is 0 Å². The van der Waals surface area contributed by atoms with Gasteiger partial charge >= 0.3 is 0 Å². The van der Waals surface area contributed by atoms with Crippen LogP contribution in [0, 0.1) is 6.92 Å². The molecule has 0 spiro atoms. The van der Waals surface area contributed by atoms with Crippen LogP contribution in [0.15, 0.2) is 30.3 Å². The van der Waals surface area contributed by atoms with Crippen LogP contribution in [0.4, 0.5) is 0 Å². The summed E-state index contributed by atoms with van der Waals surface area (Å²) < 4.78 is 8.06. The van der Waals surface area contributed by atoms with Gasteiger partial charge in [0, 0.05) is 48.9 Å². The molecule has 6 heteroatoms. The quantitative estimate of drug-likeness (QED) is 0.807. The number of hydrogen-bond acceptors (Lipinski definition) is 4. The van der Waals surface area contributed by atoms with Crippen LogP contribution in [-0.4, -0.2) is 52.6 Å². The lowest BCUT2D eigenvalue weighted by Crippen LogP contribution is -2.56. The highest BCUT2D eigenvalue weighted by molar-refractivity contribution is 6.30. The number of hydrogen-bond donors (Lipinski definition) is 1. The highest BCUT2D eigenvalue weighted by atomic mass is 35.5. The fourth-order valence-corrected chi connectivity index (χ4v) is 5.06. The molecule has 158 valence electrons. The summed E-state index contributed by atoms with van der Waals surface area (Å²) in [5.74, 6) is 0.590. The summed E-state index contributed by atoms with van der Waals surface area (Å²) in [5, 5.41) is 5.52. The molecule has 0 amide bonds. The van der Waals surface area contributed by atoms with Gasteiger partial charge < -0.3 is 10.5 Å². The highest BCUT2D eigenvalue weighted by Gasteiger charge is 2.36. The van der Waals surface area contributed by atoms with E-state index in [-0.39, 0.29) is 6.10 Å². The first-order chi connectivity index (χ1) is 14.0. The summed E-state index contributed by atoms with van der Waals surface area (Å²) in [4.78, 5) is 2.69. The van der Waals surface area contributed by atoms with Gasteiger partial charge in [-0.1, -0.05) is 23.7 Å². The predicted octanol–water partition coefficient (Wildman–Crippen LogP) is 3.68. The monoisotopic (exact) mass is 416 g/mol. The minimum absolute atomic E-state index is 0.146. The third-order valence-electron chi connectivity index (χ3n) is 6.77. The van der Waals surface area contributed by atoms with Crippen molar-refractivity contribution in [2.45, 2.75) is 63.1 Å². The average Bonchev–Trinajstić information content (AvgIpc) is 3.08. The minimum Gasteiger partial charge on any atom is -0.374 e. The van der Waals surface area contributed by atoms with Crippen LogP contribution in [0.25, 0.3) is 0 Å². The van der Waals surface area contributed by atoms with Crippen LogP contribution in [0.3, 0.4) is 0 Å². The topological polar surface area (TPSA) is 56.3 Å². The number of rotatable bonds is 5. The third-order valence-corrected chi connectivity index (χ3v) is 7.02. The molecule has 2 atom stereocenters. The van der Waals surface area contributed by atoms with E-state index >= 15 is 0 Å². The molecule has 2 fully saturated rings. The van der Waals surface area contributed by atoms with Gasteiger partial charge in [0.2, 0.25) is 0 Å². The van der Waals surface area contributed by atoms with Crippen molar-refractivity contribution >= 4 is 11.6 Å². The second kappa shape index (κ2) is 9.17. The fourth-order valence-electron chi connectivity index (χ4n) is 4.93. The Morgan fingerprint density at radius 3 is 2.52 bits per heavy atom. The standard InChI is InChI=1S/C23H33ClN4O/c1-16-11-23(26-27(16)2)18-5-9-20(10-6-18)28-14-22(13-25)29-15-21(28)12-17-3-7-19(24)8-4-17/h3-4,7-8,11,18,20-22H,5-6,9-10,12-15,25H2,1-2H3. The zero-order valence-corrected chi connectivity index (χ0v) is 18.3. The third kappa shape index (κ3) is 4.85. The van der Waals surface area contributed by atoms with Crippen LogP contribution in [0.1, 0.15) is 48.6 Å². The highest BCUT2D eigenvalue weighted by Crippen LogP contribution is 2.36. The molecule has 1 aliphatic heterocycles. The molecular formula is C23H33ClN4O. The molecular weight excluding hydrogens is 384 g/mol. The van der Waals surface area contributed by atoms with E-state index < -0.39 is 0 Å². The Hall–Kier alpha value is -1.40. The van der Waals surface area contributed by atoms with Crippen molar-refractivity contribution in [2.75, 3.05) is 19.7 Å². The van der Waals surface area contributed by atoms with E-state index in [1.54, 1.807) is 0 Å². The summed E-state index contributed by atoms with van der Waals surface area (Å²) in [6.07, 6.45) is 5.99. The molecule has 5 nitrogen and oxygen atoms in total. The average molecular weight is 417 g/mol. The number of benzene rings is 1. The minimum atomic E-state index is 0.146. The summed E-state index contributed by atoms with van der Waals surface area (Å²) in [5.41, 5.74) is 9.77. The van der Waals surface area contributed by atoms with Crippen molar-refractivity contribution in [1.82, 2.24) is 14.7 Å². The van der Waals surface area contributed by atoms with Gasteiger partial charge in [-0.25, -0.2) is 0 Å². The van der Waals surface area contributed by atoms with E-state index in [1.807, 2.05) is 23.9 Å². The Kier molecular flexibility index (Phi) is 6.60. The lowest BCUT2D eigenvalue weighted by atomic mass is 9.82. The Morgan fingerprint density at radius 2 is 1.90 bits per heavy atom. The van der Waals surface area contributed by atoms with Crippen LogP contribution in [0.2, 0.25) is 5.02 Å². The Labute approximate surface area is 179 Å². The van der Waals surface area contributed by atoms with Gasteiger partial charge in [0.15, 0.2) is 0 Å². The molecule has 1 aromatic carbocycles. The first-order valence-corrected chi connectivity index (χ1v) is 11.2. The van der Waals surface area contributed by atoms with Gasteiger partial charge in [0.1, 0.15) is 0 Å². The van der Waals surface area contributed by atoms with Gasteiger partial charge in [-0.2, -0.15) is 5.10 Å². The van der Waals surface area contributed by atoms with E-state index in [0.717, 1.165) is 24.6 Å². The SMILES string of the molecule is Cc1cc(C2CCC(N3CC(CN)OCC3Cc3ccc(Cl)cc3)CC2)nn1C. The predicted molar refractivity (Wildman–Crippen MR) is 117 cm³/mol. The van der Waals surface area contributed by atoms with Crippen LogP contribution >= 0.6 is 11.6 Å². The fraction of sp³-hybridized carbons (Fsp3) is 0.609. The second-order valence-corrected chi connectivity index (χ2v) is 9.15. The number of morpholine rings is 1. The molecule has 1 aliphatic carbocycles. The normalized spacial score (nSPS) is 28.6. The number of halogens is 1.